The quantitative estimate of drug-likeness (QED) is 0.559. The van der Waals surface area contributed by atoms with Crippen LogP contribution in [0.4, 0.5) is 0 Å². The zero-order valence-corrected chi connectivity index (χ0v) is 11.2. The van der Waals surface area contributed by atoms with Crippen molar-refractivity contribution in [3.05, 3.63) is 35.4 Å². The largest absolute Gasteiger partial charge is 0.381 e. The number of carbonyl (C=O) groups is 2. The Labute approximate surface area is 113 Å². The molecule has 0 saturated heterocycles. The van der Waals surface area contributed by atoms with E-state index in [4.69, 9.17) is 4.74 Å². The first-order valence-corrected chi connectivity index (χ1v) is 6.78. The maximum absolute atomic E-state index is 12.0. The first kappa shape index (κ1) is 13.7. The number of ether oxygens (including phenoxy) is 1. The maximum atomic E-state index is 12.0. The zero-order valence-electron chi connectivity index (χ0n) is 11.2. The number of unbranched alkanes of at least 4 members (excludes halogenated alkanes) is 1. The molecule has 0 bridgehead atoms. The fourth-order valence-electron chi connectivity index (χ4n) is 2.16. The van der Waals surface area contributed by atoms with Crippen molar-refractivity contribution in [2.45, 2.75) is 26.2 Å². The fourth-order valence-corrected chi connectivity index (χ4v) is 2.16. The number of hydrogen-bond donors (Lipinski definition) is 0. The Morgan fingerprint density at radius 3 is 2.21 bits per heavy atom. The predicted octanol–water partition coefficient (Wildman–Crippen LogP) is 2.49. The van der Waals surface area contributed by atoms with Crippen LogP contribution in [0.15, 0.2) is 24.3 Å². The van der Waals surface area contributed by atoms with Gasteiger partial charge in [-0.15, -0.1) is 0 Å². The Balaban J connectivity index is 1.83. The Hall–Kier alpha value is -1.68. The lowest BCUT2D eigenvalue weighted by molar-refractivity contribution is 0.0643. The van der Waals surface area contributed by atoms with E-state index in [1.54, 1.807) is 24.3 Å². The molecule has 1 heterocycles. The molecule has 0 radical (unpaired) electrons. The normalized spacial score (nSPS) is 14.1. The van der Waals surface area contributed by atoms with Crippen LogP contribution in [0.3, 0.4) is 0 Å². The van der Waals surface area contributed by atoms with E-state index < -0.39 is 0 Å². The Kier molecular flexibility index (Phi) is 4.68. The number of amides is 2. The fraction of sp³-hybridized carbons (Fsp3) is 0.467. The van der Waals surface area contributed by atoms with Crippen LogP contribution in [0.2, 0.25) is 0 Å². The molecule has 0 saturated carbocycles. The Bertz CT molecular complexity index is 435. The third-order valence-corrected chi connectivity index (χ3v) is 3.15. The molecule has 1 aromatic carbocycles. The summed E-state index contributed by atoms with van der Waals surface area (Å²) < 4.78 is 5.37. The van der Waals surface area contributed by atoms with Gasteiger partial charge in [0.15, 0.2) is 0 Å². The van der Waals surface area contributed by atoms with Crippen molar-refractivity contribution in [1.82, 2.24) is 4.90 Å². The van der Waals surface area contributed by atoms with E-state index >= 15 is 0 Å². The second-order valence-corrected chi connectivity index (χ2v) is 4.63. The Morgan fingerprint density at radius 1 is 1.00 bits per heavy atom. The Morgan fingerprint density at radius 2 is 1.63 bits per heavy atom. The molecule has 0 N–H and O–H groups in total. The molecule has 4 heteroatoms. The molecule has 1 aliphatic rings. The minimum Gasteiger partial charge on any atom is -0.381 e. The smallest absolute Gasteiger partial charge is 0.261 e. The van der Waals surface area contributed by atoms with Gasteiger partial charge >= 0.3 is 0 Å². The van der Waals surface area contributed by atoms with Crippen LogP contribution in [0.5, 0.6) is 0 Å². The average Bonchev–Trinajstić information content (AvgIpc) is 2.68. The van der Waals surface area contributed by atoms with Gasteiger partial charge in [-0.3, -0.25) is 14.5 Å². The summed E-state index contributed by atoms with van der Waals surface area (Å²) in [5, 5.41) is 0. The molecule has 1 aliphatic heterocycles. The highest BCUT2D eigenvalue weighted by molar-refractivity contribution is 6.21. The summed E-state index contributed by atoms with van der Waals surface area (Å²) in [5.74, 6) is -0.342. The molecule has 0 atom stereocenters. The van der Waals surface area contributed by atoms with Crippen molar-refractivity contribution >= 4 is 11.8 Å². The van der Waals surface area contributed by atoms with E-state index in [2.05, 4.69) is 6.92 Å². The molecular weight excluding hydrogens is 242 g/mol. The number of hydrogen-bond acceptors (Lipinski definition) is 3. The standard InChI is InChI=1S/C15H19NO3/c1-2-10-19-11-6-5-9-16-14(17)12-7-3-4-8-13(12)15(16)18/h3-4,7-8H,2,5-6,9-11H2,1H3. The van der Waals surface area contributed by atoms with Crippen LogP contribution >= 0.6 is 0 Å². The molecule has 19 heavy (non-hydrogen) atoms. The molecular formula is C15H19NO3. The zero-order chi connectivity index (χ0) is 13.7. The number of nitrogens with zero attached hydrogens (tertiary/aromatic N) is 1. The van der Waals surface area contributed by atoms with Crippen molar-refractivity contribution in [2.24, 2.45) is 0 Å². The van der Waals surface area contributed by atoms with Gasteiger partial charge < -0.3 is 4.74 Å². The summed E-state index contributed by atoms with van der Waals surface area (Å²) in [6.45, 7) is 4.00. The minimum absolute atomic E-state index is 0.171. The number of rotatable bonds is 7. The van der Waals surface area contributed by atoms with E-state index in [0.29, 0.717) is 24.3 Å². The van der Waals surface area contributed by atoms with Crippen LogP contribution < -0.4 is 0 Å². The van der Waals surface area contributed by atoms with Gasteiger partial charge in [0.25, 0.3) is 11.8 Å². The summed E-state index contributed by atoms with van der Waals surface area (Å²) in [6, 6.07) is 6.98. The summed E-state index contributed by atoms with van der Waals surface area (Å²) in [7, 11) is 0. The molecule has 0 aliphatic carbocycles. The lowest BCUT2D eigenvalue weighted by atomic mass is 10.1. The van der Waals surface area contributed by atoms with Gasteiger partial charge in [-0.2, -0.15) is 0 Å². The topological polar surface area (TPSA) is 46.6 Å². The highest BCUT2D eigenvalue weighted by atomic mass is 16.5. The van der Waals surface area contributed by atoms with Gasteiger partial charge in [0, 0.05) is 19.8 Å². The maximum Gasteiger partial charge on any atom is 0.261 e. The average molecular weight is 261 g/mol. The van der Waals surface area contributed by atoms with E-state index in [-0.39, 0.29) is 11.8 Å². The van der Waals surface area contributed by atoms with E-state index in [1.165, 1.54) is 4.90 Å². The molecule has 1 aromatic rings. The van der Waals surface area contributed by atoms with Gasteiger partial charge in [-0.1, -0.05) is 19.1 Å². The predicted molar refractivity (Wildman–Crippen MR) is 72.2 cm³/mol. The second kappa shape index (κ2) is 6.48. The van der Waals surface area contributed by atoms with Gasteiger partial charge in [0.05, 0.1) is 11.1 Å². The van der Waals surface area contributed by atoms with Gasteiger partial charge in [0.2, 0.25) is 0 Å². The molecule has 0 spiro atoms. The number of carbonyl (C=O) groups excluding carboxylic acids is 2. The van der Waals surface area contributed by atoms with E-state index in [9.17, 15) is 9.59 Å². The van der Waals surface area contributed by atoms with Crippen molar-refractivity contribution in [3.8, 4) is 0 Å². The van der Waals surface area contributed by atoms with Gasteiger partial charge in [-0.25, -0.2) is 0 Å². The first-order valence-electron chi connectivity index (χ1n) is 6.78. The monoisotopic (exact) mass is 261 g/mol. The van der Waals surface area contributed by atoms with Crippen molar-refractivity contribution in [3.63, 3.8) is 0 Å². The number of fused-ring (bicyclic) bond motifs is 1. The highest BCUT2D eigenvalue weighted by Crippen LogP contribution is 2.22. The van der Waals surface area contributed by atoms with E-state index in [0.717, 1.165) is 25.9 Å². The lowest BCUT2D eigenvalue weighted by Gasteiger charge is -2.13. The van der Waals surface area contributed by atoms with Crippen molar-refractivity contribution in [1.29, 1.82) is 0 Å². The van der Waals surface area contributed by atoms with Crippen LogP contribution in [0, 0.1) is 0 Å². The van der Waals surface area contributed by atoms with Crippen LogP contribution in [0.1, 0.15) is 46.9 Å². The lowest BCUT2D eigenvalue weighted by Crippen LogP contribution is -2.30. The second-order valence-electron chi connectivity index (χ2n) is 4.63. The molecule has 102 valence electrons. The first-order chi connectivity index (χ1) is 9.25. The summed E-state index contributed by atoms with van der Waals surface area (Å²) in [6.07, 6.45) is 2.67. The SMILES string of the molecule is CCCOCCCCN1C(=O)c2ccccc2C1=O. The van der Waals surface area contributed by atoms with Gasteiger partial charge in [-0.05, 0) is 31.4 Å². The van der Waals surface area contributed by atoms with E-state index in [1.807, 2.05) is 0 Å². The number of benzene rings is 1. The molecule has 4 nitrogen and oxygen atoms in total. The summed E-state index contributed by atoms with van der Waals surface area (Å²) >= 11 is 0. The summed E-state index contributed by atoms with van der Waals surface area (Å²) in [5.41, 5.74) is 1.05. The van der Waals surface area contributed by atoms with Crippen LogP contribution in [-0.4, -0.2) is 36.5 Å². The van der Waals surface area contributed by atoms with Crippen LogP contribution in [0.25, 0.3) is 0 Å². The number of imide groups is 1. The summed E-state index contributed by atoms with van der Waals surface area (Å²) in [4.78, 5) is 25.4. The van der Waals surface area contributed by atoms with Gasteiger partial charge in [0.1, 0.15) is 0 Å². The van der Waals surface area contributed by atoms with Crippen molar-refractivity contribution < 1.29 is 14.3 Å². The van der Waals surface area contributed by atoms with Crippen molar-refractivity contribution in [2.75, 3.05) is 19.8 Å². The molecule has 0 aromatic heterocycles. The molecule has 0 unspecified atom stereocenters. The van der Waals surface area contributed by atoms with Crippen LogP contribution in [-0.2, 0) is 4.74 Å². The third kappa shape index (κ3) is 3.01. The molecule has 0 fully saturated rings. The molecule has 2 amide bonds. The molecule has 2 rings (SSSR count). The third-order valence-electron chi connectivity index (χ3n) is 3.15. The minimum atomic E-state index is -0.171. The highest BCUT2D eigenvalue weighted by Gasteiger charge is 2.34.